The molecule has 7 nitrogen and oxygen atoms in total. The Labute approximate surface area is 191 Å². The SMILES string of the molecule is O=C(c1cc(-c2cccnc2)nc2ccc(Cl)cc12)N1CCN(C(=O)C2CCCO2)CC1. The summed E-state index contributed by atoms with van der Waals surface area (Å²) in [5.74, 6) is -0.0522. The summed E-state index contributed by atoms with van der Waals surface area (Å²) in [5, 5.41) is 1.27. The molecule has 164 valence electrons. The number of nitrogens with zero attached hydrogens (tertiary/aromatic N) is 4. The number of halogens is 1. The van der Waals surface area contributed by atoms with Gasteiger partial charge in [0, 0.05) is 61.2 Å². The van der Waals surface area contributed by atoms with Gasteiger partial charge in [0.15, 0.2) is 0 Å². The van der Waals surface area contributed by atoms with E-state index in [1.807, 2.05) is 29.2 Å². The largest absolute Gasteiger partial charge is 0.368 e. The Morgan fingerprint density at radius 3 is 2.59 bits per heavy atom. The number of hydrogen-bond acceptors (Lipinski definition) is 5. The zero-order chi connectivity index (χ0) is 22.1. The number of hydrogen-bond donors (Lipinski definition) is 0. The van der Waals surface area contributed by atoms with Gasteiger partial charge in [-0.1, -0.05) is 11.6 Å². The highest BCUT2D eigenvalue weighted by molar-refractivity contribution is 6.31. The summed E-state index contributed by atoms with van der Waals surface area (Å²) in [7, 11) is 0. The van der Waals surface area contributed by atoms with E-state index in [1.54, 1.807) is 29.4 Å². The van der Waals surface area contributed by atoms with E-state index in [9.17, 15) is 9.59 Å². The Morgan fingerprint density at radius 2 is 1.88 bits per heavy atom. The summed E-state index contributed by atoms with van der Waals surface area (Å²) in [5.41, 5.74) is 2.77. The van der Waals surface area contributed by atoms with E-state index in [4.69, 9.17) is 21.3 Å². The lowest BCUT2D eigenvalue weighted by molar-refractivity contribution is -0.142. The van der Waals surface area contributed by atoms with Crippen molar-refractivity contribution in [3.63, 3.8) is 0 Å². The van der Waals surface area contributed by atoms with Crippen LogP contribution in [0.1, 0.15) is 23.2 Å². The number of carbonyl (C=O) groups excluding carboxylic acids is 2. The van der Waals surface area contributed by atoms with E-state index in [0.717, 1.165) is 18.4 Å². The molecule has 3 aromatic rings. The molecule has 2 amide bonds. The third kappa shape index (κ3) is 4.06. The maximum Gasteiger partial charge on any atom is 0.254 e. The fourth-order valence-electron chi connectivity index (χ4n) is 4.31. The molecule has 2 fully saturated rings. The lowest BCUT2D eigenvalue weighted by Crippen LogP contribution is -2.52. The van der Waals surface area contributed by atoms with Crippen molar-refractivity contribution in [1.29, 1.82) is 0 Å². The number of carbonyl (C=O) groups is 2. The number of rotatable bonds is 3. The molecule has 0 spiro atoms. The molecule has 0 saturated carbocycles. The fraction of sp³-hybridized carbons (Fsp3) is 0.333. The molecule has 2 saturated heterocycles. The number of amides is 2. The third-order valence-corrected chi connectivity index (χ3v) is 6.28. The number of piperazine rings is 1. The first-order valence-corrected chi connectivity index (χ1v) is 11.2. The standard InChI is InChI=1S/C24H23ClN4O3/c25-17-5-6-20-18(13-17)19(14-21(27-20)16-3-1-7-26-15-16)23(30)28-8-10-29(11-9-28)24(31)22-4-2-12-32-22/h1,3,5-7,13-15,22H,2,4,8-12H2. The minimum absolute atomic E-state index is 0.0367. The van der Waals surface area contributed by atoms with Crippen molar-refractivity contribution >= 4 is 34.3 Å². The Morgan fingerprint density at radius 1 is 1.06 bits per heavy atom. The van der Waals surface area contributed by atoms with Crippen LogP contribution in [0, 0.1) is 0 Å². The summed E-state index contributed by atoms with van der Waals surface area (Å²) in [6.07, 6.45) is 4.80. The molecule has 1 unspecified atom stereocenters. The van der Waals surface area contributed by atoms with Gasteiger partial charge in [-0.05, 0) is 49.2 Å². The molecule has 4 heterocycles. The Kier molecular flexibility index (Phi) is 5.76. The minimum atomic E-state index is -0.328. The average Bonchev–Trinajstić information content (AvgIpc) is 3.38. The second-order valence-electron chi connectivity index (χ2n) is 8.08. The minimum Gasteiger partial charge on any atom is -0.368 e. The van der Waals surface area contributed by atoms with Gasteiger partial charge in [-0.25, -0.2) is 4.98 Å². The van der Waals surface area contributed by atoms with Crippen LogP contribution in [0.3, 0.4) is 0 Å². The van der Waals surface area contributed by atoms with Crippen LogP contribution >= 0.6 is 11.6 Å². The fourth-order valence-corrected chi connectivity index (χ4v) is 4.49. The molecule has 0 N–H and O–H groups in total. The van der Waals surface area contributed by atoms with Gasteiger partial charge in [-0.15, -0.1) is 0 Å². The second kappa shape index (κ2) is 8.84. The number of aromatic nitrogens is 2. The zero-order valence-electron chi connectivity index (χ0n) is 17.5. The van der Waals surface area contributed by atoms with Crippen LogP contribution in [0.2, 0.25) is 5.02 Å². The van der Waals surface area contributed by atoms with Crippen molar-refractivity contribution in [1.82, 2.24) is 19.8 Å². The molecule has 5 rings (SSSR count). The van der Waals surface area contributed by atoms with Crippen molar-refractivity contribution in [3.05, 3.63) is 59.4 Å². The monoisotopic (exact) mass is 450 g/mol. The molecule has 1 aromatic carbocycles. The molecular formula is C24H23ClN4O3. The smallest absolute Gasteiger partial charge is 0.254 e. The lowest BCUT2D eigenvalue weighted by Gasteiger charge is -2.36. The highest BCUT2D eigenvalue weighted by atomic mass is 35.5. The Bertz CT molecular complexity index is 1160. The van der Waals surface area contributed by atoms with Gasteiger partial charge in [-0.2, -0.15) is 0 Å². The molecule has 0 radical (unpaired) electrons. The Balaban J connectivity index is 1.41. The van der Waals surface area contributed by atoms with Crippen molar-refractivity contribution in [2.45, 2.75) is 18.9 Å². The molecule has 32 heavy (non-hydrogen) atoms. The van der Waals surface area contributed by atoms with Crippen LogP contribution in [-0.4, -0.2) is 70.5 Å². The van der Waals surface area contributed by atoms with Crippen molar-refractivity contribution in [2.75, 3.05) is 32.8 Å². The van der Waals surface area contributed by atoms with Crippen LogP contribution in [0.15, 0.2) is 48.8 Å². The average molecular weight is 451 g/mol. The van der Waals surface area contributed by atoms with Gasteiger partial charge in [-0.3, -0.25) is 14.6 Å². The molecule has 8 heteroatoms. The summed E-state index contributed by atoms with van der Waals surface area (Å²) < 4.78 is 5.53. The van der Waals surface area contributed by atoms with E-state index in [2.05, 4.69) is 4.98 Å². The van der Waals surface area contributed by atoms with Crippen molar-refractivity contribution < 1.29 is 14.3 Å². The van der Waals surface area contributed by atoms with Crippen molar-refractivity contribution in [3.8, 4) is 11.3 Å². The van der Waals surface area contributed by atoms with Gasteiger partial charge in [0.05, 0.1) is 16.8 Å². The van der Waals surface area contributed by atoms with Crippen LogP contribution in [0.25, 0.3) is 22.2 Å². The topological polar surface area (TPSA) is 75.6 Å². The van der Waals surface area contributed by atoms with E-state index in [-0.39, 0.29) is 17.9 Å². The molecule has 0 aliphatic carbocycles. The van der Waals surface area contributed by atoms with Crippen LogP contribution in [0.4, 0.5) is 0 Å². The van der Waals surface area contributed by atoms with Gasteiger partial charge in [0.2, 0.25) is 0 Å². The van der Waals surface area contributed by atoms with Gasteiger partial charge >= 0.3 is 0 Å². The molecule has 1 atom stereocenters. The molecule has 2 aromatic heterocycles. The number of pyridine rings is 2. The highest BCUT2D eigenvalue weighted by Crippen LogP contribution is 2.28. The normalized spacial score (nSPS) is 18.8. The van der Waals surface area contributed by atoms with Crippen LogP contribution in [0.5, 0.6) is 0 Å². The molecule has 2 aliphatic rings. The van der Waals surface area contributed by atoms with Gasteiger partial charge in [0.1, 0.15) is 6.10 Å². The van der Waals surface area contributed by atoms with E-state index in [1.165, 1.54) is 0 Å². The van der Waals surface area contributed by atoms with Gasteiger partial charge < -0.3 is 14.5 Å². The van der Waals surface area contributed by atoms with E-state index in [0.29, 0.717) is 60.0 Å². The third-order valence-electron chi connectivity index (χ3n) is 6.04. The van der Waals surface area contributed by atoms with Crippen LogP contribution < -0.4 is 0 Å². The molecule has 2 aliphatic heterocycles. The first-order valence-electron chi connectivity index (χ1n) is 10.8. The highest BCUT2D eigenvalue weighted by Gasteiger charge is 2.32. The molecule has 0 bridgehead atoms. The quantitative estimate of drug-likeness (QED) is 0.611. The van der Waals surface area contributed by atoms with Crippen LogP contribution in [-0.2, 0) is 9.53 Å². The predicted octanol–water partition coefficient (Wildman–Crippen LogP) is 3.41. The number of fused-ring (bicyclic) bond motifs is 1. The summed E-state index contributed by atoms with van der Waals surface area (Å²) in [6, 6.07) is 10.9. The first kappa shape index (κ1) is 20.8. The summed E-state index contributed by atoms with van der Waals surface area (Å²) in [4.78, 5) is 38.7. The number of benzene rings is 1. The summed E-state index contributed by atoms with van der Waals surface area (Å²) in [6.45, 7) is 2.60. The maximum absolute atomic E-state index is 13.6. The van der Waals surface area contributed by atoms with Crippen molar-refractivity contribution in [2.24, 2.45) is 0 Å². The zero-order valence-corrected chi connectivity index (χ0v) is 18.3. The van der Waals surface area contributed by atoms with E-state index < -0.39 is 0 Å². The lowest BCUT2D eigenvalue weighted by atomic mass is 10.0. The summed E-state index contributed by atoms with van der Waals surface area (Å²) >= 11 is 6.24. The first-order chi connectivity index (χ1) is 15.6. The second-order valence-corrected chi connectivity index (χ2v) is 8.51. The van der Waals surface area contributed by atoms with Gasteiger partial charge in [0.25, 0.3) is 11.8 Å². The number of ether oxygens (including phenoxy) is 1. The maximum atomic E-state index is 13.6. The molecular weight excluding hydrogens is 428 g/mol. The Hall–Kier alpha value is -3.03. The predicted molar refractivity (Wildman–Crippen MR) is 121 cm³/mol. The van der Waals surface area contributed by atoms with E-state index >= 15 is 0 Å².